The van der Waals surface area contributed by atoms with Gasteiger partial charge in [0, 0.05) is 0 Å². The second kappa shape index (κ2) is 3.27. The van der Waals surface area contributed by atoms with Gasteiger partial charge in [0.1, 0.15) is 0 Å². The maximum atomic E-state index is 12.0. The zero-order chi connectivity index (χ0) is 11.0. The van der Waals surface area contributed by atoms with Crippen molar-refractivity contribution in [2.75, 3.05) is 0 Å². The Bertz CT molecular complexity index is 434. The van der Waals surface area contributed by atoms with Crippen LogP contribution < -0.4 is 0 Å². The van der Waals surface area contributed by atoms with Crippen molar-refractivity contribution in [3.63, 3.8) is 0 Å². The lowest BCUT2D eigenvalue weighted by Crippen LogP contribution is -2.23. The van der Waals surface area contributed by atoms with Gasteiger partial charge in [-0.05, 0) is 24.6 Å². The smallest absolute Gasteiger partial charge is 0.214 e. The summed E-state index contributed by atoms with van der Waals surface area (Å²) in [7, 11) is -5.24. The summed E-state index contributed by atoms with van der Waals surface area (Å²) in [6, 6.07) is 4.39. The Balaban J connectivity index is 3.32. The van der Waals surface area contributed by atoms with Crippen LogP contribution in [0.25, 0.3) is 0 Å². The zero-order valence-electron chi connectivity index (χ0n) is 6.88. The van der Waals surface area contributed by atoms with Gasteiger partial charge in [0.2, 0.25) is 0 Å². The minimum Gasteiger partial charge on any atom is -0.214 e. The van der Waals surface area contributed by atoms with E-state index in [4.69, 9.17) is 0 Å². The first kappa shape index (κ1) is 11.0. The lowest BCUT2D eigenvalue weighted by Gasteiger charge is -2.07. The van der Waals surface area contributed by atoms with Crippen LogP contribution >= 0.6 is 0 Å². The maximum absolute atomic E-state index is 12.0. The molecule has 2 nitrogen and oxygen atoms in total. The molecule has 1 rings (SSSR count). The van der Waals surface area contributed by atoms with Crippen molar-refractivity contribution in [1.82, 2.24) is 0 Å². The SMILES string of the molecule is [CH2]c1cccc(S(=O)(=O)C(F)(F)F)c1. The van der Waals surface area contributed by atoms with Gasteiger partial charge in [0.05, 0.1) is 4.90 Å². The van der Waals surface area contributed by atoms with E-state index in [0.29, 0.717) is 0 Å². The first-order valence-electron chi connectivity index (χ1n) is 3.48. The predicted octanol–water partition coefficient (Wildman–Crippen LogP) is 2.16. The second-order valence-electron chi connectivity index (χ2n) is 2.60. The topological polar surface area (TPSA) is 34.1 Å². The molecule has 0 bridgehead atoms. The van der Waals surface area contributed by atoms with E-state index in [-0.39, 0.29) is 5.56 Å². The molecule has 0 N–H and O–H groups in total. The van der Waals surface area contributed by atoms with Crippen LogP contribution in [0, 0.1) is 6.92 Å². The zero-order valence-corrected chi connectivity index (χ0v) is 7.69. The quantitative estimate of drug-likeness (QED) is 0.731. The fraction of sp³-hybridized carbons (Fsp3) is 0.125. The Hall–Kier alpha value is -1.04. The van der Waals surface area contributed by atoms with Crippen molar-refractivity contribution < 1.29 is 21.6 Å². The van der Waals surface area contributed by atoms with E-state index in [0.717, 1.165) is 12.1 Å². The standard InChI is InChI=1S/C8H6F3O2S/c1-6-3-2-4-7(5-6)14(12,13)8(9,10)11/h2-5H,1H2. The average molecular weight is 223 g/mol. The van der Waals surface area contributed by atoms with Crippen molar-refractivity contribution in [1.29, 1.82) is 0 Å². The number of alkyl halides is 3. The van der Waals surface area contributed by atoms with E-state index < -0.39 is 20.2 Å². The molecular weight excluding hydrogens is 217 g/mol. The van der Waals surface area contributed by atoms with Crippen LogP contribution in [-0.4, -0.2) is 13.9 Å². The molecule has 1 radical (unpaired) electrons. The highest BCUT2D eigenvalue weighted by Gasteiger charge is 2.46. The summed E-state index contributed by atoms with van der Waals surface area (Å²) in [6.07, 6.45) is 0. The highest BCUT2D eigenvalue weighted by atomic mass is 32.2. The minimum atomic E-state index is -5.26. The Morgan fingerprint density at radius 2 is 1.79 bits per heavy atom. The van der Waals surface area contributed by atoms with Gasteiger partial charge < -0.3 is 0 Å². The summed E-state index contributed by atoms with van der Waals surface area (Å²) in [4.78, 5) is -0.780. The average Bonchev–Trinajstić information content (AvgIpc) is 2.02. The first-order chi connectivity index (χ1) is 6.25. The molecule has 0 aliphatic carbocycles. The molecule has 0 atom stereocenters. The molecule has 0 fully saturated rings. The number of hydrogen-bond donors (Lipinski definition) is 0. The molecule has 0 aliphatic rings. The summed E-state index contributed by atoms with van der Waals surface area (Å²) < 4.78 is 57.8. The summed E-state index contributed by atoms with van der Waals surface area (Å²) in [6.45, 7) is 3.34. The Morgan fingerprint density at radius 3 is 2.21 bits per heavy atom. The van der Waals surface area contributed by atoms with Crippen LogP contribution in [0.1, 0.15) is 5.56 Å². The van der Waals surface area contributed by atoms with Crippen LogP contribution in [0.5, 0.6) is 0 Å². The van der Waals surface area contributed by atoms with Gasteiger partial charge in [0.25, 0.3) is 9.84 Å². The predicted molar refractivity (Wildman–Crippen MR) is 44.1 cm³/mol. The molecule has 1 aromatic rings. The molecular formula is C8H6F3O2S. The lowest BCUT2D eigenvalue weighted by atomic mass is 10.2. The highest BCUT2D eigenvalue weighted by Crippen LogP contribution is 2.30. The Labute approximate surface area is 79.3 Å². The van der Waals surface area contributed by atoms with Crippen LogP contribution in [0.15, 0.2) is 29.2 Å². The number of sulfone groups is 1. The lowest BCUT2D eigenvalue weighted by molar-refractivity contribution is -0.0436. The first-order valence-corrected chi connectivity index (χ1v) is 4.97. The van der Waals surface area contributed by atoms with Crippen LogP contribution in [0.3, 0.4) is 0 Å². The number of halogens is 3. The van der Waals surface area contributed by atoms with E-state index >= 15 is 0 Å². The Morgan fingerprint density at radius 1 is 1.21 bits per heavy atom. The van der Waals surface area contributed by atoms with E-state index in [1.807, 2.05) is 0 Å². The third kappa shape index (κ3) is 1.89. The second-order valence-corrected chi connectivity index (χ2v) is 4.54. The van der Waals surface area contributed by atoms with Crippen molar-refractivity contribution in [3.05, 3.63) is 36.8 Å². The molecule has 0 aliphatic heterocycles. The highest BCUT2D eigenvalue weighted by molar-refractivity contribution is 7.92. The van der Waals surface area contributed by atoms with Crippen molar-refractivity contribution >= 4 is 9.84 Å². The van der Waals surface area contributed by atoms with E-state index in [9.17, 15) is 21.6 Å². The molecule has 77 valence electrons. The van der Waals surface area contributed by atoms with Gasteiger partial charge in [0.15, 0.2) is 0 Å². The molecule has 0 spiro atoms. The minimum absolute atomic E-state index is 0.218. The molecule has 0 saturated carbocycles. The van der Waals surface area contributed by atoms with Gasteiger partial charge in [-0.25, -0.2) is 8.42 Å². The third-order valence-corrected chi connectivity index (χ3v) is 3.00. The van der Waals surface area contributed by atoms with Crippen molar-refractivity contribution in [3.8, 4) is 0 Å². The third-order valence-electron chi connectivity index (χ3n) is 1.51. The van der Waals surface area contributed by atoms with Crippen LogP contribution in [0.2, 0.25) is 0 Å². The fourth-order valence-electron chi connectivity index (χ4n) is 0.846. The fourth-order valence-corrected chi connectivity index (χ4v) is 1.68. The van der Waals surface area contributed by atoms with Gasteiger partial charge in [-0.3, -0.25) is 0 Å². The summed E-state index contributed by atoms with van der Waals surface area (Å²) in [5.41, 5.74) is -5.05. The van der Waals surface area contributed by atoms with E-state index in [1.165, 1.54) is 12.1 Å². The molecule has 0 unspecified atom stereocenters. The number of rotatable bonds is 1. The van der Waals surface area contributed by atoms with Crippen LogP contribution in [0.4, 0.5) is 13.2 Å². The van der Waals surface area contributed by atoms with Gasteiger partial charge in [-0.1, -0.05) is 12.1 Å². The normalized spacial score (nSPS) is 12.9. The molecule has 0 saturated heterocycles. The van der Waals surface area contributed by atoms with E-state index in [2.05, 4.69) is 6.92 Å². The van der Waals surface area contributed by atoms with Crippen molar-refractivity contribution in [2.45, 2.75) is 10.4 Å². The molecule has 6 heteroatoms. The van der Waals surface area contributed by atoms with E-state index in [1.54, 1.807) is 0 Å². The van der Waals surface area contributed by atoms with Gasteiger partial charge in [-0.2, -0.15) is 13.2 Å². The largest absolute Gasteiger partial charge is 0.501 e. The maximum Gasteiger partial charge on any atom is 0.501 e. The summed E-state index contributed by atoms with van der Waals surface area (Å²) >= 11 is 0. The molecule has 0 heterocycles. The molecule has 1 aromatic carbocycles. The molecule has 14 heavy (non-hydrogen) atoms. The number of benzene rings is 1. The van der Waals surface area contributed by atoms with Crippen molar-refractivity contribution in [2.24, 2.45) is 0 Å². The number of hydrogen-bond acceptors (Lipinski definition) is 2. The summed E-state index contributed by atoms with van der Waals surface area (Å²) in [5, 5.41) is 0. The van der Waals surface area contributed by atoms with Gasteiger partial charge >= 0.3 is 5.51 Å². The van der Waals surface area contributed by atoms with Crippen LogP contribution in [-0.2, 0) is 9.84 Å². The monoisotopic (exact) mass is 223 g/mol. The van der Waals surface area contributed by atoms with Gasteiger partial charge in [-0.15, -0.1) is 0 Å². The summed E-state index contributed by atoms with van der Waals surface area (Å²) in [5.74, 6) is 0. The Kier molecular flexibility index (Phi) is 2.58. The molecule has 0 amide bonds. The molecule has 0 aromatic heterocycles.